The molecule has 0 saturated carbocycles. The molecule has 0 bridgehead atoms. The van der Waals surface area contributed by atoms with Crippen molar-refractivity contribution in [3.63, 3.8) is 0 Å². The first-order chi connectivity index (χ1) is 14.0. The van der Waals surface area contributed by atoms with Crippen molar-refractivity contribution in [1.29, 1.82) is 0 Å². The maximum absolute atomic E-state index is 13.2. The molecule has 0 atom stereocenters. The number of benzene rings is 2. The van der Waals surface area contributed by atoms with Crippen molar-refractivity contribution in [3.8, 4) is 17.1 Å². The van der Waals surface area contributed by atoms with E-state index in [4.69, 9.17) is 4.42 Å². The number of hydrogen-bond donors (Lipinski definition) is 0. The van der Waals surface area contributed by atoms with Crippen molar-refractivity contribution >= 4 is 17.5 Å². The molecular formula is C22H18FN3O2S. The molecule has 0 N–H and O–H groups in total. The van der Waals surface area contributed by atoms with Crippen molar-refractivity contribution in [1.82, 2.24) is 14.8 Å². The SMILES string of the molecule is Cc1cc(C(=O)CSc2nnc(-c3ccccc3)o2)c(C)n1-c1ccc(F)cc1. The fourth-order valence-corrected chi connectivity index (χ4v) is 3.85. The Morgan fingerprint density at radius 1 is 1.07 bits per heavy atom. The van der Waals surface area contributed by atoms with Crippen LogP contribution in [-0.4, -0.2) is 26.3 Å². The Morgan fingerprint density at radius 2 is 1.79 bits per heavy atom. The molecule has 0 amide bonds. The lowest BCUT2D eigenvalue weighted by atomic mass is 10.2. The molecule has 0 aliphatic heterocycles. The second kappa shape index (κ2) is 8.05. The Labute approximate surface area is 171 Å². The third kappa shape index (κ3) is 4.00. The van der Waals surface area contributed by atoms with Crippen LogP contribution in [0.1, 0.15) is 21.7 Å². The number of carbonyl (C=O) groups is 1. The van der Waals surface area contributed by atoms with Gasteiger partial charge in [0.2, 0.25) is 5.89 Å². The van der Waals surface area contributed by atoms with E-state index in [1.807, 2.05) is 54.8 Å². The van der Waals surface area contributed by atoms with Gasteiger partial charge in [0.05, 0.1) is 5.75 Å². The van der Waals surface area contributed by atoms with Crippen molar-refractivity contribution < 1.29 is 13.6 Å². The summed E-state index contributed by atoms with van der Waals surface area (Å²) >= 11 is 1.21. The maximum Gasteiger partial charge on any atom is 0.277 e. The van der Waals surface area contributed by atoms with E-state index in [2.05, 4.69) is 10.2 Å². The largest absolute Gasteiger partial charge is 0.411 e. The lowest BCUT2D eigenvalue weighted by Gasteiger charge is -2.09. The van der Waals surface area contributed by atoms with Crippen LogP contribution in [0.4, 0.5) is 4.39 Å². The minimum atomic E-state index is -0.293. The van der Waals surface area contributed by atoms with E-state index >= 15 is 0 Å². The van der Waals surface area contributed by atoms with Gasteiger partial charge in [-0.25, -0.2) is 4.39 Å². The van der Waals surface area contributed by atoms with Crippen LogP contribution in [0.5, 0.6) is 0 Å². The van der Waals surface area contributed by atoms with Crippen LogP contribution < -0.4 is 0 Å². The third-order valence-corrected chi connectivity index (χ3v) is 5.39. The molecule has 7 heteroatoms. The molecule has 146 valence electrons. The van der Waals surface area contributed by atoms with Gasteiger partial charge in [-0.05, 0) is 56.3 Å². The zero-order valence-corrected chi connectivity index (χ0v) is 16.7. The van der Waals surface area contributed by atoms with Crippen LogP contribution in [0, 0.1) is 19.7 Å². The van der Waals surface area contributed by atoms with Gasteiger partial charge in [-0.2, -0.15) is 0 Å². The highest BCUT2D eigenvalue weighted by atomic mass is 32.2. The van der Waals surface area contributed by atoms with Crippen molar-refractivity contribution in [2.75, 3.05) is 5.75 Å². The molecule has 5 nitrogen and oxygen atoms in total. The number of Topliss-reactive ketones (excluding diaryl/α,β-unsaturated/α-hetero) is 1. The van der Waals surface area contributed by atoms with Crippen LogP contribution >= 0.6 is 11.8 Å². The van der Waals surface area contributed by atoms with Gasteiger partial charge in [0.15, 0.2) is 5.78 Å². The van der Waals surface area contributed by atoms with Gasteiger partial charge in [0.1, 0.15) is 5.82 Å². The van der Waals surface area contributed by atoms with Gasteiger partial charge in [-0.3, -0.25) is 4.79 Å². The molecule has 0 unspecified atom stereocenters. The molecule has 29 heavy (non-hydrogen) atoms. The van der Waals surface area contributed by atoms with Crippen LogP contribution in [0.25, 0.3) is 17.1 Å². The van der Waals surface area contributed by atoms with Gasteiger partial charge in [0, 0.05) is 28.2 Å². The summed E-state index contributed by atoms with van der Waals surface area (Å²) in [5.74, 6) is 0.286. The standard InChI is InChI=1S/C22H18FN3O2S/c1-14-12-19(15(2)26(14)18-10-8-17(23)9-11-18)20(27)13-29-22-25-24-21(28-22)16-6-4-3-5-7-16/h3-12H,13H2,1-2H3. The lowest BCUT2D eigenvalue weighted by molar-refractivity contribution is 0.102. The smallest absolute Gasteiger partial charge is 0.277 e. The summed E-state index contributed by atoms with van der Waals surface area (Å²) < 4.78 is 20.8. The first-order valence-corrected chi connectivity index (χ1v) is 10.0. The summed E-state index contributed by atoms with van der Waals surface area (Å²) in [6.45, 7) is 3.80. The predicted molar refractivity (Wildman–Crippen MR) is 110 cm³/mol. The summed E-state index contributed by atoms with van der Waals surface area (Å²) in [7, 11) is 0. The van der Waals surface area contributed by atoms with Gasteiger partial charge >= 0.3 is 0 Å². The highest BCUT2D eigenvalue weighted by molar-refractivity contribution is 7.99. The number of rotatable bonds is 6. The normalized spacial score (nSPS) is 11.0. The number of aryl methyl sites for hydroxylation is 1. The fourth-order valence-electron chi connectivity index (χ4n) is 3.20. The summed E-state index contributed by atoms with van der Waals surface area (Å²) in [5.41, 5.74) is 4.00. The molecule has 0 radical (unpaired) electrons. The van der Waals surface area contributed by atoms with E-state index in [1.165, 1.54) is 23.9 Å². The fraction of sp³-hybridized carbons (Fsp3) is 0.136. The second-order valence-electron chi connectivity index (χ2n) is 6.55. The summed E-state index contributed by atoms with van der Waals surface area (Å²) in [4.78, 5) is 12.8. The molecule has 0 aliphatic rings. The molecule has 0 saturated heterocycles. The van der Waals surface area contributed by atoms with Crippen LogP contribution in [-0.2, 0) is 0 Å². The molecule has 2 aromatic heterocycles. The van der Waals surface area contributed by atoms with E-state index in [0.29, 0.717) is 16.7 Å². The minimum Gasteiger partial charge on any atom is -0.411 e. The Morgan fingerprint density at radius 3 is 2.52 bits per heavy atom. The summed E-state index contributed by atoms with van der Waals surface area (Å²) in [6.07, 6.45) is 0. The minimum absolute atomic E-state index is 0.0316. The number of hydrogen-bond acceptors (Lipinski definition) is 5. The average Bonchev–Trinajstić information content (AvgIpc) is 3.32. The molecule has 0 aliphatic carbocycles. The predicted octanol–water partition coefficient (Wildman–Crippen LogP) is 5.26. The van der Waals surface area contributed by atoms with Crippen molar-refractivity contribution in [2.45, 2.75) is 19.1 Å². The van der Waals surface area contributed by atoms with E-state index < -0.39 is 0 Å². The molecule has 2 heterocycles. The number of halogens is 1. The molecule has 0 spiro atoms. The number of carbonyl (C=O) groups excluding carboxylic acids is 1. The summed E-state index contributed by atoms with van der Waals surface area (Å²) in [6, 6.07) is 17.5. The van der Waals surface area contributed by atoms with Crippen LogP contribution in [0.3, 0.4) is 0 Å². The van der Waals surface area contributed by atoms with Crippen molar-refractivity contribution in [3.05, 3.63) is 83.4 Å². The number of aromatic nitrogens is 3. The Bertz CT molecular complexity index is 1150. The van der Waals surface area contributed by atoms with Gasteiger partial charge in [-0.15, -0.1) is 10.2 Å². The Balaban J connectivity index is 1.49. The number of ketones is 1. The quantitative estimate of drug-likeness (QED) is 0.322. The van der Waals surface area contributed by atoms with E-state index in [1.54, 1.807) is 12.1 Å². The molecule has 4 rings (SSSR count). The zero-order chi connectivity index (χ0) is 20.4. The van der Waals surface area contributed by atoms with Gasteiger partial charge in [-0.1, -0.05) is 30.0 Å². The molecule has 2 aromatic carbocycles. The maximum atomic E-state index is 13.2. The highest BCUT2D eigenvalue weighted by Crippen LogP contribution is 2.26. The summed E-state index contributed by atoms with van der Waals surface area (Å²) in [5, 5.41) is 8.40. The Kier molecular flexibility index (Phi) is 5.31. The third-order valence-electron chi connectivity index (χ3n) is 4.57. The van der Waals surface area contributed by atoms with E-state index in [9.17, 15) is 9.18 Å². The molecule has 4 aromatic rings. The highest BCUT2D eigenvalue weighted by Gasteiger charge is 2.18. The van der Waals surface area contributed by atoms with Crippen molar-refractivity contribution in [2.24, 2.45) is 0 Å². The van der Waals surface area contributed by atoms with E-state index in [-0.39, 0.29) is 17.4 Å². The zero-order valence-electron chi connectivity index (χ0n) is 15.9. The Hall–Kier alpha value is -3.19. The molecule has 0 fully saturated rings. The topological polar surface area (TPSA) is 60.9 Å². The van der Waals surface area contributed by atoms with Crippen LogP contribution in [0.2, 0.25) is 0 Å². The van der Waals surface area contributed by atoms with Gasteiger partial charge < -0.3 is 8.98 Å². The first kappa shape index (κ1) is 19.1. The molecular weight excluding hydrogens is 389 g/mol. The average molecular weight is 407 g/mol. The number of thioether (sulfide) groups is 1. The van der Waals surface area contributed by atoms with Crippen LogP contribution in [0.15, 0.2) is 70.3 Å². The first-order valence-electron chi connectivity index (χ1n) is 9.03. The lowest BCUT2D eigenvalue weighted by Crippen LogP contribution is -2.05. The van der Waals surface area contributed by atoms with E-state index in [0.717, 1.165) is 22.6 Å². The second-order valence-corrected chi connectivity index (χ2v) is 7.47. The monoisotopic (exact) mass is 407 g/mol. The van der Waals surface area contributed by atoms with Gasteiger partial charge in [0.25, 0.3) is 5.22 Å². The number of nitrogens with zero attached hydrogens (tertiary/aromatic N) is 3.